The maximum Gasteiger partial charge on any atom is 0.331 e. The van der Waals surface area contributed by atoms with Crippen molar-refractivity contribution >= 4 is 11.9 Å². The minimum Gasteiger partial charge on any atom is -0.478 e. The van der Waals surface area contributed by atoms with Crippen molar-refractivity contribution in [2.75, 3.05) is 0 Å². The third-order valence-corrected chi connectivity index (χ3v) is 1.84. The largest absolute Gasteiger partial charge is 0.478 e. The fourth-order valence-corrected chi connectivity index (χ4v) is 1.21. The number of carboxylic acid groups (broad SMARTS) is 1. The van der Waals surface area contributed by atoms with Crippen LogP contribution in [0.25, 0.3) is 0 Å². The van der Waals surface area contributed by atoms with Gasteiger partial charge in [0.2, 0.25) is 0 Å². The smallest absolute Gasteiger partial charge is 0.331 e. The highest BCUT2D eigenvalue weighted by molar-refractivity contribution is 5.90. The molecular formula is C10H12O4. The van der Waals surface area contributed by atoms with Crippen LogP contribution in [0.15, 0.2) is 24.3 Å². The molecule has 1 unspecified atom stereocenters. The number of carbonyl (C=O) groups is 2. The van der Waals surface area contributed by atoms with E-state index in [1.165, 1.54) is 0 Å². The Morgan fingerprint density at radius 3 is 2.79 bits per heavy atom. The summed E-state index contributed by atoms with van der Waals surface area (Å²) in [6.07, 6.45) is 8.10. The molecule has 4 nitrogen and oxygen atoms in total. The van der Waals surface area contributed by atoms with E-state index in [4.69, 9.17) is 9.84 Å². The van der Waals surface area contributed by atoms with Gasteiger partial charge in [0.1, 0.15) is 6.10 Å². The zero-order valence-electron chi connectivity index (χ0n) is 7.68. The lowest BCUT2D eigenvalue weighted by molar-refractivity contribution is -0.142. The van der Waals surface area contributed by atoms with Gasteiger partial charge in [0.25, 0.3) is 0 Å². The molecule has 0 saturated carbocycles. The van der Waals surface area contributed by atoms with Crippen LogP contribution in [0.2, 0.25) is 0 Å². The van der Waals surface area contributed by atoms with Crippen molar-refractivity contribution in [2.45, 2.75) is 25.4 Å². The molecule has 4 heteroatoms. The molecule has 14 heavy (non-hydrogen) atoms. The second-order valence-electron chi connectivity index (χ2n) is 3.01. The molecule has 1 N–H and O–H groups in total. The molecule has 0 radical (unpaired) electrons. The van der Waals surface area contributed by atoms with Crippen LogP contribution in [0.1, 0.15) is 19.3 Å². The summed E-state index contributed by atoms with van der Waals surface area (Å²) in [6, 6.07) is 0. The Morgan fingerprint density at radius 2 is 2.21 bits per heavy atom. The summed E-state index contributed by atoms with van der Waals surface area (Å²) in [7, 11) is 0. The highest BCUT2D eigenvalue weighted by Crippen LogP contribution is 2.13. The number of esters is 1. The van der Waals surface area contributed by atoms with Crippen molar-refractivity contribution < 1.29 is 19.4 Å². The minimum atomic E-state index is -1.15. The van der Waals surface area contributed by atoms with Crippen molar-refractivity contribution in [2.24, 2.45) is 0 Å². The number of hydrogen-bond donors (Lipinski definition) is 1. The standard InChI is InChI=1S/C10H12O4/c11-9(12)6-7-10(13)14-8-4-2-1-3-5-8/h2,4,6-8H,1,3,5H2,(H,11,12)/b7-6-. The lowest BCUT2D eigenvalue weighted by Crippen LogP contribution is -2.16. The molecule has 0 heterocycles. The van der Waals surface area contributed by atoms with Crippen LogP contribution in [0.5, 0.6) is 0 Å². The highest BCUT2D eigenvalue weighted by Gasteiger charge is 2.11. The van der Waals surface area contributed by atoms with Crippen LogP contribution in [-0.2, 0) is 14.3 Å². The van der Waals surface area contributed by atoms with E-state index in [0.29, 0.717) is 0 Å². The normalized spacial score (nSPS) is 21.0. The average molecular weight is 196 g/mol. The van der Waals surface area contributed by atoms with E-state index < -0.39 is 11.9 Å². The zero-order chi connectivity index (χ0) is 10.4. The molecule has 0 amide bonds. The average Bonchev–Trinajstić information content (AvgIpc) is 2.16. The second kappa shape index (κ2) is 5.21. The van der Waals surface area contributed by atoms with Gasteiger partial charge in [-0.2, -0.15) is 0 Å². The first-order chi connectivity index (χ1) is 6.68. The van der Waals surface area contributed by atoms with Gasteiger partial charge < -0.3 is 9.84 Å². The van der Waals surface area contributed by atoms with Crippen LogP contribution in [0.4, 0.5) is 0 Å². The van der Waals surface area contributed by atoms with Crippen LogP contribution in [0.3, 0.4) is 0 Å². The molecule has 0 aliphatic heterocycles. The Balaban J connectivity index is 2.36. The maximum absolute atomic E-state index is 11.0. The van der Waals surface area contributed by atoms with Gasteiger partial charge in [-0.05, 0) is 25.3 Å². The molecular weight excluding hydrogens is 184 g/mol. The first kappa shape index (κ1) is 10.5. The number of carboxylic acids is 1. The van der Waals surface area contributed by atoms with Crippen LogP contribution in [-0.4, -0.2) is 23.1 Å². The van der Waals surface area contributed by atoms with Gasteiger partial charge in [0.15, 0.2) is 0 Å². The van der Waals surface area contributed by atoms with Crippen molar-refractivity contribution in [1.29, 1.82) is 0 Å². The van der Waals surface area contributed by atoms with Gasteiger partial charge >= 0.3 is 11.9 Å². The molecule has 1 aliphatic rings. The Bertz CT molecular complexity index is 278. The van der Waals surface area contributed by atoms with Crippen molar-refractivity contribution in [3.8, 4) is 0 Å². The van der Waals surface area contributed by atoms with Crippen molar-refractivity contribution in [3.63, 3.8) is 0 Å². The SMILES string of the molecule is O=C(O)/C=C\C(=O)OC1C=CCCC1. The molecule has 0 fully saturated rings. The third-order valence-electron chi connectivity index (χ3n) is 1.84. The zero-order valence-corrected chi connectivity index (χ0v) is 7.68. The first-order valence-corrected chi connectivity index (χ1v) is 4.47. The number of carbonyl (C=O) groups excluding carboxylic acids is 1. The van der Waals surface area contributed by atoms with Crippen molar-refractivity contribution in [3.05, 3.63) is 24.3 Å². The van der Waals surface area contributed by atoms with E-state index >= 15 is 0 Å². The second-order valence-corrected chi connectivity index (χ2v) is 3.01. The van der Waals surface area contributed by atoms with Gasteiger partial charge in [-0.1, -0.05) is 6.08 Å². The van der Waals surface area contributed by atoms with E-state index in [1.54, 1.807) is 0 Å². The fourth-order valence-electron chi connectivity index (χ4n) is 1.21. The molecule has 0 aromatic carbocycles. The van der Waals surface area contributed by atoms with E-state index in [9.17, 15) is 9.59 Å². The lowest BCUT2D eigenvalue weighted by atomic mass is 10.1. The Morgan fingerprint density at radius 1 is 1.43 bits per heavy atom. The Hall–Kier alpha value is -1.58. The summed E-state index contributed by atoms with van der Waals surface area (Å²) in [6.45, 7) is 0. The third kappa shape index (κ3) is 3.89. The molecule has 76 valence electrons. The summed E-state index contributed by atoms with van der Waals surface area (Å²) in [4.78, 5) is 21.1. The van der Waals surface area contributed by atoms with Gasteiger partial charge in [-0.15, -0.1) is 0 Å². The highest BCUT2D eigenvalue weighted by atomic mass is 16.5. The predicted molar refractivity (Wildman–Crippen MR) is 49.6 cm³/mol. The Kier molecular flexibility index (Phi) is 3.91. The van der Waals surface area contributed by atoms with E-state index in [-0.39, 0.29) is 6.10 Å². The number of allylic oxidation sites excluding steroid dienone is 1. The molecule has 0 aromatic rings. The fraction of sp³-hybridized carbons (Fsp3) is 0.400. The number of aliphatic carboxylic acids is 1. The van der Waals surface area contributed by atoms with Gasteiger partial charge in [0, 0.05) is 12.2 Å². The number of rotatable bonds is 3. The summed E-state index contributed by atoms with van der Waals surface area (Å²) < 4.78 is 4.97. The number of ether oxygens (including phenoxy) is 1. The van der Waals surface area contributed by atoms with Crippen LogP contribution < -0.4 is 0 Å². The summed E-state index contributed by atoms with van der Waals surface area (Å²) in [5.41, 5.74) is 0. The monoisotopic (exact) mass is 196 g/mol. The summed E-state index contributed by atoms with van der Waals surface area (Å²) >= 11 is 0. The number of hydrogen-bond acceptors (Lipinski definition) is 3. The lowest BCUT2D eigenvalue weighted by Gasteiger charge is -2.15. The van der Waals surface area contributed by atoms with Crippen LogP contribution in [0, 0.1) is 0 Å². The summed E-state index contributed by atoms with van der Waals surface area (Å²) in [5.74, 6) is -1.76. The van der Waals surface area contributed by atoms with Crippen LogP contribution >= 0.6 is 0 Å². The molecule has 1 atom stereocenters. The Labute approximate surface area is 81.9 Å². The van der Waals surface area contributed by atoms with Crippen molar-refractivity contribution in [1.82, 2.24) is 0 Å². The quantitative estimate of drug-likeness (QED) is 0.419. The molecule has 1 aliphatic carbocycles. The van der Waals surface area contributed by atoms with Gasteiger partial charge in [-0.3, -0.25) is 0 Å². The van der Waals surface area contributed by atoms with Gasteiger partial charge in [0.05, 0.1) is 0 Å². The molecule has 0 spiro atoms. The summed E-state index contributed by atoms with van der Waals surface area (Å²) in [5, 5.41) is 8.26. The first-order valence-electron chi connectivity index (χ1n) is 4.47. The molecule has 0 saturated heterocycles. The maximum atomic E-state index is 11.0. The topological polar surface area (TPSA) is 63.6 Å². The predicted octanol–water partition coefficient (Wildman–Crippen LogP) is 1.28. The van der Waals surface area contributed by atoms with E-state index in [2.05, 4.69) is 0 Å². The van der Waals surface area contributed by atoms with Gasteiger partial charge in [-0.25, -0.2) is 9.59 Å². The molecule has 1 rings (SSSR count). The molecule has 0 aromatic heterocycles. The minimum absolute atomic E-state index is 0.199. The van der Waals surface area contributed by atoms with E-state index in [0.717, 1.165) is 31.4 Å². The van der Waals surface area contributed by atoms with E-state index in [1.807, 2.05) is 12.2 Å². The molecule has 0 bridgehead atoms.